The molecule has 0 spiro atoms. The Morgan fingerprint density at radius 1 is 1.50 bits per heavy atom. The minimum Gasteiger partial charge on any atom is -0.497 e. The second-order valence-corrected chi connectivity index (χ2v) is 3.32. The van der Waals surface area contributed by atoms with E-state index in [1.165, 1.54) is 0 Å². The molecule has 0 aliphatic carbocycles. The molecule has 1 heterocycles. The van der Waals surface area contributed by atoms with Crippen LogP contribution < -0.4 is 10.5 Å². The molecule has 0 amide bonds. The Bertz CT molecular complexity index is 490. The number of fused-ring (bicyclic) bond motifs is 1. The van der Waals surface area contributed by atoms with Gasteiger partial charge in [-0.2, -0.15) is 0 Å². The van der Waals surface area contributed by atoms with Crippen molar-refractivity contribution in [3.05, 3.63) is 30.2 Å². The Labute approximate surface area is 86.4 Å². The zero-order valence-corrected chi connectivity index (χ0v) is 8.43. The zero-order chi connectivity index (χ0) is 10.1. The summed E-state index contributed by atoms with van der Waals surface area (Å²) in [6.07, 6.45) is 1.62. The van der Waals surface area contributed by atoms with Crippen molar-refractivity contribution < 1.29 is 9.15 Å². The van der Waals surface area contributed by atoms with Crippen LogP contribution in [0.2, 0.25) is 0 Å². The van der Waals surface area contributed by atoms with Gasteiger partial charge in [0.2, 0.25) is 0 Å². The highest BCUT2D eigenvalue weighted by molar-refractivity contribution is 7.80. The third kappa shape index (κ3) is 1.33. The van der Waals surface area contributed by atoms with Gasteiger partial charge in [-0.3, -0.25) is 0 Å². The molecule has 0 radical (unpaired) electrons. The van der Waals surface area contributed by atoms with E-state index in [4.69, 9.17) is 27.1 Å². The second-order valence-electron chi connectivity index (χ2n) is 2.88. The number of nitrogens with two attached hydrogens (primary N) is 1. The highest BCUT2D eigenvalue weighted by atomic mass is 32.1. The maximum absolute atomic E-state index is 5.50. The molecule has 2 N–H and O–H groups in total. The summed E-state index contributed by atoms with van der Waals surface area (Å²) in [5.41, 5.74) is 5.50. The fourth-order valence-corrected chi connectivity index (χ4v) is 1.51. The molecule has 1 aromatic heterocycles. The van der Waals surface area contributed by atoms with Crippen molar-refractivity contribution in [1.29, 1.82) is 0 Å². The maximum atomic E-state index is 5.50. The average molecular weight is 207 g/mol. The molecule has 14 heavy (non-hydrogen) atoms. The first-order chi connectivity index (χ1) is 6.72. The van der Waals surface area contributed by atoms with Crippen LogP contribution in [0.4, 0.5) is 0 Å². The first kappa shape index (κ1) is 9.02. The highest BCUT2D eigenvalue weighted by Crippen LogP contribution is 2.25. The summed E-state index contributed by atoms with van der Waals surface area (Å²) in [7, 11) is 1.62. The van der Waals surface area contributed by atoms with E-state index in [0.717, 1.165) is 16.5 Å². The van der Waals surface area contributed by atoms with E-state index in [1.807, 2.05) is 18.2 Å². The Kier molecular flexibility index (Phi) is 2.13. The Hall–Kier alpha value is -1.55. The van der Waals surface area contributed by atoms with Crippen LogP contribution in [-0.2, 0) is 0 Å². The first-order valence-electron chi connectivity index (χ1n) is 4.07. The van der Waals surface area contributed by atoms with Gasteiger partial charge in [0, 0.05) is 10.8 Å². The summed E-state index contributed by atoms with van der Waals surface area (Å²) in [5.74, 6) is 1.34. The molecular weight excluding hydrogens is 198 g/mol. The van der Waals surface area contributed by atoms with Gasteiger partial charge in [-0.05, 0) is 18.2 Å². The van der Waals surface area contributed by atoms with Gasteiger partial charge in [0.1, 0.15) is 10.7 Å². The number of methoxy groups -OCH3 is 1. The van der Waals surface area contributed by atoms with Crippen molar-refractivity contribution in [2.24, 2.45) is 5.73 Å². The van der Waals surface area contributed by atoms with Crippen LogP contribution in [0.1, 0.15) is 5.76 Å². The number of rotatable bonds is 2. The van der Waals surface area contributed by atoms with E-state index in [2.05, 4.69) is 0 Å². The molecule has 3 nitrogen and oxygen atoms in total. The van der Waals surface area contributed by atoms with E-state index < -0.39 is 0 Å². The minimum atomic E-state index is 0.269. The molecule has 0 unspecified atom stereocenters. The summed E-state index contributed by atoms with van der Waals surface area (Å²) in [6.45, 7) is 0. The molecule has 72 valence electrons. The van der Waals surface area contributed by atoms with Gasteiger partial charge in [-0.1, -0.05) is 12.2 Å². The van der Waals surface area contributed by atoms with Crippen molar-refractivity contribution in [2.45, 2.75) is 0 Å². The number of benzene rings is 1. The van der Waals surface area contributed by atoms with Crippen molar-refractivity contribution in [3.63, 3.8) is 0 Å². The Balaban J connectivity index is 2.65. The fourth-order valence-electron chi connectivity index (χ4n) is 1.35. The minimum absolute atomic E-state index is 0.269. The van der Waals surface area contributed by atoms with Gasteiger partial charge < -0.3 is 14.9 Å². The van der Waals surface area contributed by atoms with Crippen LogP contribution in [0.5, 0.6) is 5.75 Å². The van der Waals surface area contributed by atoms with Gasteiger partial charge in [-0.15, -0.1) is 0 Å². The standard InChI is InChI=1S/C10H9NO2S/c1-12-7-2-3-8-6(4-7)5-13-9(8)10(11)14/h2-5H,1H3,(H2,11,14). The largest absolute Gasteiger partial charge is 0.497 e. The lowest BCUT2D eigenvalue weighted by atomic mass is 10.2. The molecule has 4 heteroatoms. The smallest absolute Gasteiger partial charge is 0.168 e. The zero-order valence-electron chi connectivity index (χ0n) is 7.61. The molecule has 0 aliphatic rings. The number of ether oxygens (including phenoxy) is 1. The van der Waals surface area contributed by atoms with Crippen LogP contribution in [0.15, 0.2) is 28.9 Å². The SMILES string of the molecule is COc1ccc2c(C(N)=S)occ2c1. The van der Waals surface area contributed by atoms with Gasteiger partial charge in [0.05, 0.1) is 13.4 Å². The van der Waals surface area contributed by atoms with Gasteiger partial charge in [0.15, 0.2) is 5.76 Å². The summed E-state index contributed by atoms with van der Waals surface area (Å²) in [4.78, 5) is 0.269. The predicted octanol–water partition coefficient (Wildman–Crippen LogP) is 2.08. The maximum Gasteiger partial charge on any atom is 0.168 e. The molecule has 0 saturated carbocycles. The molecular formula is C10H9NO2S. The van der Waals surface area contributed by atoms with Gasteiger partial charge in [0.25, 0.3) is 0 Å². The van der Waals surface area contributed by atoms with E-state index in [-0.39, 0.29) is 4.99 Å². The highest BCUT2D eigenvalue weighted by Gasteiger charge is 2.08. The molecule has 0 atom stereocenters. The van der Waals surface area contributed by atoms with E-state index in [9.17, 15) is 0 Å². The predicted molar refractivity (Wildman–Crippen MR) is 58.7 cm³/mol. The lowest BCUT2D eigenvalue weighted by Crippen LogP contribution is -2.07. The van der Waals surface area contributed by atoms with Gasteiger partial charge in [-0.25, -0.2) is 0 Å². The number of thiocarbonyl (C=S) groups is 1. The van der Waals surface area contributed by atoms with Crippen LogP contribution in [-0.4, -0.2) is 12.1 Å². The molecule has 0 aliphatic heterocycles. The fraction of sp³-hybridized carbons (Fsp3) is 0.100. The molecule has 2 rings (SSSR count). The topological polar surface area (TPSA) is 48.4 Å². The third-order valence-electron chi connectivity index (χ3n) is 2.03. The monoisotopic (exact) mass is 207 g/mol. The van der Waals surface area contributed by atoms with Crippen LogP contribution in [0, 0.1) is 0 Å². The third-order valence-corrected chi connectivity index (χ3v) is 2.22. The lowest BCUT2D eigenvalue weighted by Gasteiger charge is -1.98. The normalized spacial score (nSPS) is 10.4. The van der Waals surface area contributed by atoms with Crippen molar-refractivity contribution in [1.82, 2.24) is 0 Å². The summed E-state index contributed by atoms with van der Waals surface area (Å²) in [6, 6.07) is 5.60. The van der Waals surface area contributed by atoms with Crippen molar-refractivity contribution in [3.8, 4) is 5.75 Å². The van der Waals surface area contributed by atoms with Crippen LogP contribution >= 0.6 is 12.2 Å². The quantitative estimate of drug-likeness (QED) is 0.766. The van der Waals surface area contributed by atoms with Gasteiger partial charge >= 0.3 is 0 Å². The van der Waals surface area contributed by atoms with E-state index >= 15 is 0 Å². The molecule has 2 aromatic rings. The van der Waals surface area contributed by atoms with E-state index in [0.29, 0.717) is 5.76 Å². The van der Waals surface area contributed by atoms with Crippen molar-refractivity contribution in [2.75, 3.05) is 7.11 Å². The number of hydrogen-bond donors (Lipinski definition) is 1. The van der Waals surface area contributed by atoms with Crippen molar-refractivity contribution >= 4 is 28.0 Å². The number of furan rings is 1. The Morgan fingerprint density at radius 2 is 2.29 bits per heavy atom. The molecule has 1 aromatic carbocycles. The summed E-state index contributed by atoms with van der Waals surface area (Å²) in [5, 5.41) is 1.85. The second kappa shape index (κ2) is 3.31. The lowest BCUT2D eigenvalue weighted by molar-refractivity contribution is 0.415. The Morgan fingerprint density at radius 3 is 2.93 bits per heavy atom. The van der Waals surface area contributed by atoms with Crippen LogP contribution in [0.25, 0.3) is 10.8 Å². The molecule has 0 fully saturated rings. The first-order valence-corrected chi connectivity index (χ1v) is 4.48. The van der Waals surface area contributed by atoms with Crippen LogP contribution in [0.3, 0.4) is 0 Å². The summed E-state index contributed by atoms with van der Waals surface area (Å²) < 4.78 is 10.3. The molecule has 0 bridgehead atoms. The summed E-state index contributed by atoms with van der Waals surface area (Å²) >= 11 is 4.86. The number of hydrogen-bond acceptors (Lipinski definition) is 3. The average Bonchev–Trinajstić information content (AvgIpc) is 2.59. The molecule has 0 saturated heterocycles. The van der Waals surface area contributed by atoms with E-state index in [1.54, 1.807) is 13.4 Å².